The van der Waals surface area contributed by atoms with Crippen LogP contribution in [0, 0.1) is 0 Å². The Morgan fingerprint density at radius 3 is 2.94 bits per heavy atom. The van der Waals surface area contributed by atoms with Gasteiger partial charge in [0.2, 0.25) is 23.6 Å². The van der Waals surface area contributed by atoms with Crippen molar-refractivity contribution in [2.45, 2.75) is 32.4 Å². The van der Waals surface area contributed by atoms with E-state index in [-0.39, 0.29) is 18.1 Å². The number of carbonyl (C=O) groups is 1. The zero-order valence-corrected chi connectivity index (χ0v) is 17.9. The fourth-order valence-electron chi connectivity index (χ4n) is 3.67. The molecule has 0 bridgehead atoms. The molecule has 1 aliphatic heterocycles. The molecule has 0 unspecified atom stereocenters. The Labute approximate surface area is 180 Å². The summed E-state index contributed by atoms with van der Waals surface area (Å²) in [5, 5.41) is 4.06. The van der Waals surface area contributed by atoms with Crippen LogP contribution in [0.1, 0.15) is 26.3 Å². The molecular formula is C22H26N6O3. The SMILES string of the molecule is C=CC(=O)N1CC[C@H](Oc2nc(Nc3nccc(OC)n3)cc3c2ccn3C(C)C)C1. The fourth-order valence-corrected chi connectivity index (χ4v) is 3.67. The molecule has 0 saturated carbocycles. The van der Waals surface area contributed by atoms with Crippen molar-refractivity contribution in [3.63, 3.8) is 0 Å². The quantitative estimate of drug-likeness (QED) is 0.584. The summed E-state index contributed by atoms with van der Waals surface area (Å²) >= 11 is 0. The predicted molar refractivity (Wildman–Crippen MR) is 118 cm³/mol. The average Bonchev–Trinajstić information content (AvgIpc) is 3.40. The molecule has 162 valence electrons. The molecule has 3 aromatic rings. The van der Waals surface area contributed by atoms with Gasteiger partial charge in [-0.15, -0.1) is 0 Å². The van der Waals surface area contributed by atoms with Crippen molar-refractivity contribution < 1.29 is 14.3 Å². The van der Waals surface area contributed by atoms with Gasteiger partial charge in [0.05, 0.1) is 24.6 Å². The summed E-state index contributed by atoms with van der Waals surface area (Å²) in [5.74, 6) is 1.83. The molecule has 4 heterocycles. The Kier molecular flexibility index (Phi) is 5.75. The van der Waals surface area contributed by atoms with Crippen LogP contribution in [0.4, 0.5) is 11.8 Å². The van der Waals surface area contributed by atoms with Crippen LogP contribution in [0.5, 0.6) is 11.8 Å². The van der Waals surface area contributed by atoms with Crippen LogP contribution in [-0.4, -0.2) is 56.6 Å². The van der Waals surface area contributed by atoms with Gasteiger partial charge in [-0.2, -0.15) is 9.97 Å². The third-order valence-corrected chi connectivity index (χ3v) is 5.23. The minimum atomic E-state index is -0.134. The van der Waals surface area contributed by atoms with Crippen molar-refractivity contribution in [2.24, 2.45) is 0 Å². The number of rotatable bonds is 7. The van der Waals surface area contributed by atoms with Crippen LogP contribution in [-0.2, 0) is 4.79 Å². The van der Waals surface area contributed by atoms with Crippen molar-refractivity contribution in [3.8, 4) is 11.8 Å². The highest BCUT2D eigenvalue weighted by atomic mass is 16.5. The number of methoxy groups -OCH3 is 1. The van der Waals surface area contributed by atoms with E-state index in [1.165, 1.54) is 6.08 Å². The smallest absolute Gasteiger partial charge is 0.246 e. The minimum Gasteiger partial charge on any atom is -0.481 e. The van der Waals surface area contributed by atoms with E-state index in [4.69, 9.17) is 9.47 Å². The molecule has 1 atom stereocenters. The number of nitrogens with zero attached hydrogens (tertiary/aromatic N) is 5. The van der Waals surface area contributed by atoms with Gasteiger partial charge in [0.1, 0.15) is 11.9 Å². The summed E-state index contributed by atoms with van der Waals surface area (Å²) in [5.41, 5.74) is 0.988. The molecule has 31 heavy (non-hydrogen) atoms. The highest BCUT2D eigenvalue weighted by Gasteiger charge is 2.27. The summed E-state index contributed by atoms with van der Waals surface area (Å²) in [6.07, 6.45) is 5.58. The maximum atomic E-state index is 11.9. The first-order chi connectivity index (χ1) is 15.0. The first-order valence-electron chi connectivity index (χ1n) is 10.2. The molecule has 3 aromatic heterocycles. The zero-order chi connectivity index (χ0) is 22.0. The summed E-state index contributed by atoms with van der Waals surface area (Å²) < 4.78 is 13.6. The van der Waals surface area contributed by atoms with Crippen molar-refractivity contribution in [2.75, 3.05) is 25.5 Å². The second kappa shape index (κ2) is 8.63. The molecule has 1 aliphatic rings. The molecule has 1 fully saturated rings. The summed E-state index contributed by atoms with van der Waals surface area (Å²) in [6, 6.07) is 5.90. The number of ether oxygens (including phenoxy) is 2. The Bertz CT molecular complexity index is 1110. The van der Waals surface area contributed by atoms with E-state index in [0.717, 1.165) is 17.3 Å². The number of aromatic nitrogens is 4. The van der Waals surface area contributed by atoms with Crippen LogP contribution in [0.15, 0.2) is 43.2 Å². The van der Waals surface area contributed by atoms with Crippen LogP contribution in [0.3, 0.4) is 0 Å². The number of anilines is 2. The second-order valence-corrected chi connectivity index (χ2v) is 7.63. The van der Waals surface area contributed by atoms with E-state index >= 15 is 0 Å². The monoisotopic (exact) mass is 422 g/mol. The van der Waals surface area contributed by atoms with Gasteiger partial charge in [0.15, 0.2) is 0 Å². The molecule has 9 nitrogen and oxygen atoms in total. The Hall–Kier alpha value is -3.62. The van der Waals surface area contributed by atoms with Gasteiger partial charge in [-0.25, -0.2) is 4.98 Å². The van der Waals surface area contributed by atoms with E-state index in [1.807, 2.05) is 18.3 Å². The second-order valence-electron chi connectivity index (χ2n) is 7.63. The zero-order valence-electron chi connectivity index (χ0n) is 17.9. The first-order valence-corrected chi connectivity index (χ1v) is 10.2. The number of carbonyl (C=O) groups excluding carboxylic acids is 1. The van der Waals surface area contributed by atoms with Gasteiger partial charge in [0.25, 0.3) is 0 Å². The standard InChI is InChI=1S/C22H26N6O3/c1-5-20(29)27-10-7-15(13-27)31-21-16-8-11-28(14(2)3)17(16)12-18(24-21)25-22-23-9-6-19(26-22)30-4/h5-6,8-9,11-12,14-15H,1,7,10,13H2,2-4H3,(H,23,24,25,26)/t15-/m0/s1. The molecule has 0 aliphatic carbocycles. The van der Waals surface area contributed by atoms with Gasteiger partial charge >= 0.3 is 0 Å². The predicted octanol–water partition coefficient (Wildman–Crippen LogP) is 3.33. The number of hydrogen-bond acceptors (Lipinski definition) is 7. The molecule has 1 saturated heterocycles. The molecule has 0 aromatic carbocycles. The third kappa shape index (κ3) is 4.30. The molecule has 1 amide bonds. The van der Waals surface area contributed by atoms with Gasteiger partial charge in [-0.1, -0.05) is 6.58 Å². The molecule has 9 heteroatoms. The van der Waals surface area contributed by atoms with Crippen molar-refractivity contribution in [3.05, 3.63) is 43.2 Å². The van der Waals surface area contributed by atoms with Gasteiger partial charge in [-0.05, 0) is 26.0 Å². The Balaban J connectivity index is 1.66. The molecular weight excluding hydrogens is 396 g/mol. The van der Waals surface area contributed by atoms with E-state index in [0.29, 0.717) is 36.6 Å². The lowest BCUT2D eigenvalue weighted by atomic mass is 10.2. The highest BCUT2D eigenvalue weighted by molar-refractivity contribution is 5.88. The van der Waals surface area contributed by atoms with Crippen molar-refractivity contribution in [1.82, 2.24) is 24.4 Å². The van der Waals surface area contributed by atoms with Crippen LogP contribution in [0.25, 0.3) is 10.9 Å². The van der Waals surface area contributed by atoms with E-state index < -0.39 is 0 Å². The normalized spacial score (nSPS) is 16.0. The Morgan fingerprint density at radius 2 is 2.19 bits per heavy atom. The maximum Gasteiger partial charge on any atom is 0.246 e. The molecule has 1 N–H and O–H groups in total. The molecule has 0 radical (unpaired) electrons. The lowest BCUT2D eigenvalue weighted by Crippen LogP contribution is -2.29. The minimum absolute atomic E-state index is 0.0826. The third-order valence-electron chi connectivity index (χ3n) is 5.23. The number of fused-ring (bicyclic) bond motifs is 1. The van der Waals surface area contributed by atoms with Crippen LogP contribution >= 0.6 is 0 Å². The summed E-state index contributed by atoms with van der Waals surface area (Å²) in [4.78, 5) is 26.9. The number of amides is 1. The Morgan fingerprint density at radius 1 is 1.35 bits per heavy atom. The van der Waals surface area contributed by atoms with E-state index in [9.17, 15) is 4.79 Å². The highest BCUT2D eigenvalue weighted by Crippen LogP contribution is 2.32. The fraction of sp³-hybridized carbons (Fsp3) is 0.364. The summed E-state index contributed by atoms with van der Waals surface area (Å²) in [6.45, 7) is 8.95. The first kappa shape index (κ1) is 20.6. The maximum absolute atomic E-state index is 11.9. The van der Waals surface area contributed by atoms with Gasteiger partial charge in [-0.3, -0.25) is 4.79 Å². The van der Waals surface area contributed by atoms with Gasteiger partial charge in [0, 0.05) is 43.5 Å². The lowest BCUT2D eigenvalue weighted by molar-refractivity contribution is -0.125. The van der Waals surface area contributed by atoms with Crippen molar-refractivity contribution >= 4 is 28.6 Å². The number of hydrogen-bond donors (Lipinski definition) is 1. The van der Waals surface area contributed by atoms with E-state index in [2.05, 4.69) is 45.3 Å². The largest absolute Gasteiger partial charge is 0.481 e. The lowest BCUT2D eigenvalue weighted by Gasteiger charge is -2.17. The number of nitrogens with one attached hydrogen (secondary N) is 1. The number of likely N-dealkylation sites (tertiary alicyclic amines) is 1. The van der Waals surface area contributed by atoms with E-state index in [1.54, 1.807) is 24.3 Å². The molecule has 4 rings (SSSR count). The summed E-state index contributed by atoms with van der Waals surface area (Å²) in [7, 11) is 1.56. The average molecular weight is 422 g/mol. The van der Waals surface area contributed by atoms with Crippen LogP contribution < -0.4 is 14.8 Å². The molecule has 0 spiro atoms. The number of pyridine rings is 1. The van der Waals surface area contributed by atoms with Crippen LogP contribution in [0.2, 0.25) is 0 Å². The topological polar surface area (TPSA) is 94.4 Å². The van der Waals surface area contributed by atoms with Crippen molar-refractivity contribution in [1.29, 1.82) is 0 Å². The van der Waals surface area contributed by atoms with Gasteiger partial charge < -0.3 is 24.3 Å².